The van der Waals surface area contributed by atoms with Crippen LogP contribution in [0.2, 0.25) is 0 Å². The number of benzene rings is 1. The van der Waals surface area contributed by atoms with Gasteiger partial charge < -0.3 is 9.84 Å². The molecule has 1 aromatic rings. The first-order chi connectivity index (χ1) is 9.36. The quantitative estimate of drug-likeness (QED) is 0.864. The number of hydrogen-bond acceptors (Lipinski definition) is 4. The van der Waals surface area contributed by atoms with Gasteiger partial charge in [0.1, 0.15) is 11.6 Å². The maximum atomic E-state index is 13.6. The number of morpholine rings is 1. The van der Waals surface area contributed by atoms with E-state index in [0.717, 1.165) is 19.2 Å². The van der Waals surface area contributed by atoms with Crippen molar-refractivity contribution in [3.05, 3.63) is 29.1 Å². The van der Waals surface area contributed by atoms with Crippen LogP contribution in [0.1, 0.15) is 36.7 Å². The van der Waals surface area contributed by atoms with Crippen LogP contribution in [-0.4, -0.2) is 41.1 Å². The van der Waals surface area contributed by atoms with Crippen molar-refractivity contribution in [2.45, 2.75) is 39.5 Å². The summed E-state index contributed by atoms with van der Waals surface area (Å²) in [6.45, 7) is 7.12. The molecule has 0 aromatic heterocycles. The molecule has 1 aromatic carbocycles. The van der Waals surface area contributed by atoms with Crippen molar-refractivity contribution in [1.82, 2.24) is 4.90 Å². The summed E-state index contributed by atoms with van der Waals surface area (Å²) in [5, 5.41) is 10.1. The largest absolute Gasteiger partial charge is 0.507 e. The van der Waals surface area contributed by atoms with Gasteiger partial charge in [0.2, 0.25) is 0 Å². The molecule has 1 N–H and O–H groups in total. The molecule has 110 valence electrons. The number of carbonyl (C=O) groups is 1. The molecule has 1 heterocycles. The summed E-state index contributed by atoms with van der Waals surface area (Å²) in [6.07, 6.45) is 0.198. The van der Waals surface area contributed by atoms with Crippen LogP contribution in [0, 0.1) is 5.82 Å². The molecule has 2 rings (SSSR count). The van der Waals surface area contributed by atoms with Gasteiger partial charge in [-0.15, -0.1) is 0 Å². The number of phenols is 1. The number of carbonyl (C=O) groups excluding carboxylic acids is 1. The summed E-state index contributed by atoms with van der Waals surface area (Å²) in [4.78, 5) is 13.5. The Balaban J connectivity index is 2.23. The summed E-state index contributed by atoms with van der Waals surface area (Å²) >= 11 is 0. The Kier molecular flexibility index (Phi) is 4.40. The lowest BCUT2D eigenvalue weighted by atomic mass is 10.0. The summed E-state index contributed by atoms with van der Waals surface area (Å²) in [5.74, 6) is -0.963. The number of Topliss-reactive ketones (excluding diaryl/α,β-unsaturated/α-hetero) is 1. The van der Waals surface area contributed by atoms with Gasteiger partial charge in [0.25, 0.3) is 0 Å². The number of hydrogen-bond donors (Lipinski definition) is 1. The van der Waals surface area contributed by atoms with Crippen molar-refractivity contribution in [1.29, 1.82) is 0 Å². The van der Waals surface area contributed by atoms with E-state index < -0.39 is 5.82 Å². The highest BCUT2D eigenvalue weighted by Gasteiger charge is 2.24. The second-order valence-corrected chi connectivity index (χ2v) is 5.47. The third-order valence-electron chi connectivity index (χ3n) is 3.42. The van der Waals surface area contributed by atoms with Gasteiger partial charge in [-0.1, -0.05) is 0 Å². The number of ether oxygens (including phenoxy) is 1. The number of aromatic hydroxyl groups is 1. The van der Waals surface area contributed by atoms with Crippen LogP contribution < -0.4 is 0 Å². The zero-order valence-corrected chi connectivity index (χ0v) is 12.0. The van der Waals surface area contributed by atoms with E-state index in [9.17, 15) is 14.3 Å². The smallest absolute Gasteiger partial charge is 0.163 e. The third-order valence-corrected chi connectivity index (χ3v) is 3.42. The second-order valence-electron chi connectivity index (χ2n) is 5.47. The van der Waals surface area contributed by atoms with Crippen LogP contribution >= 0.6 is 0 Å². The number of nitrogens with zero attached hydrogens (tertiary/aromatic N) is 1. The summed E-state index contributed by atoms with van der Waals surface area (Å²) in [6, 6.07) is 2.36. The first kappa shape index (κ1) is 14.9. The van der Waals surface area contributed by atoms with E-state index in [1.54, 1.807) is 0 Å². The molecule has 1 fully saturated rings. The summed E-state index contributed by atoms with van der Waals surface area (Å²) in [5.41, 5.74) is 0.478. The van der Waals surface area contributed by atoms with Crippen LogP contribution in [0.3, 0.4) is 0 Å². The Morgan fingerprint density at radius 2 is 2.00 bits per heavy atom. The van der Waals surface area contributed by atoms with Crippen molar-refractivity contribution in [2.75, 3.05) is 13.1 Å². The maximum Gasteiger partial charge on any atom is 0.163 e. The average Bonchev–Trinajstić information content (AvgIpc) is 2.31. The Morgan fingerprint density at radius 3 is 2.55 bits per heavy atom. The first-order valence-corrected chi connectivity index (χ1v) is 6.77. The van der Waals surface area contributed by atoms with E-state index in [1.165, 1.54) is 13.0 Å². The highest BCUT2D eigenvalue weighted by molar-refractivity contribution is 5.97. The summed E-state index contributed by atoms with van der Waals surface area (Å²) < 4.78 is 19.2. The lowest BCUT2D eigenvalue weighted by Crippen LogP contribution is -2.44. The van der Waals surface area contributed by atoms with Gasteiger partial charge >= 0.3 is 0 Å². The van der Waals surface area contributed by atoms with Gasteiger partial charge in [0, 0.05) is 25.2 Å². The second kappa shape index (κ2) is 5.89. The zero-order chi connectivity index (χ0) is 14.9. The zero-order valence-electron chi connectivity index (χ0n) is 12.0. The topological polar surface area (TPSA) is 49.8 Å². The van der Waals surface area contributed by atoms with Crippen molar-refractivity contribution in [3.8, 4) is 5.75 Å². The molecular formula is C15H20FNO3. The normalized spacial score (nSPS) is 23.8. The fourth-order valence-electron chi connectivity index (χ4n) is 2.70. The molecule has 0 saturated carbocycles. The van der Waals surface area contributed by atoms with Gasteiger partial charge in [-0.3, -0.25) is 9.69 Å². The van der Waals surface area contributed by atoms with Crippen LogP contribution in [0.25, 0.3) is 0 Å². The standard InChI is InChI=1S/C15H20FNO3/c1-9-6-17(7-10(2)20-9)8-12-4-13(16)5-14(11(3)18)15(12)19/h4-5,9-10,19H,6-8H2,1-3H3. The van der Waals surface area contributed by atoms with Gasteiger partial charge in [0.15, 0.2) is 5.78 Å². The number of halogens is 1. The van der Waals surface area contributed by atoms with Crippen molar-refractivity contribution < 1.29 is 19.0 Å². The first-order valence-electron chi connectivity index (χ1n) is 6.77. The maximum absolute atomic E-state index is 13.6. The molecular weight excluding hydrogens is 261 g/mol. The van der Waals surface area contributed by atoms with Crippen molar-refractivity contribution >= 4 is 5.78 Å². The van der Waals surface area contributed by atoms with Crippen molar-refractivity contribution in [2.24, 2.45) is 0 Å². The minimum absolute atomic E-state index is 0.0364. The molecule has 5 heteroatoms. The number of rotatable bonds is 3. The number of ketones is 1. The molecule has 0 bridgehead atoms. The number of phenolic OH excluding ortho intramolecular Hbond substituents is 1. The average molecular weight is 281 g/mol. The lowest BCUT2D eigenvalue weighted by molar-refractivity contribution is -0.0706. The molecule has 0 radical (unpaired) electrons. The molecule has 2 unspecified atom stereocenters. The van der Waals surface area contributed by atoms with Crippen molar-refractivity contribution in [3.63, 3.8) is 0 Å². The van der Waals surface area contributed by atoms with E-state index in [4.69, 9.17) is 4.74 Å². The fourth-order valence-corrected chi connectivity index (χ4v) is 2.70. The van der Waals surface area contributed by atoms with E-state index in [-0.39, 0.29) is 29.3 Å². The fraction of sp³-hybridized carbons (Fsp3) is 0.533. The molecule has 1 aliphatic heterocycles. The molecule has 1 aliphatic rings. The highest BCUT2D eigenvalue weighted by Crippen LogP contribution is 2.27. The minimum Gasteiger partial charge on any atom is -0.507 e. The predicted octanol–water partition coefficient (Wildman–Crippen LogP) is 2.34. The molecule has 0 aliphatic carbocycles. The molecule has 0 spiro atoms. The highest BCUT2D eigenvalue weighted by atomic mass is 19.1. The minimum atomic E-state index is -0.502. The van der Waals surface area contributed by atoms with E-state index >= 15 is 0 Å². The lowest BCUT2D eigenvalue weighted by Gasteiger charge is -2.35. The van der Waals surface area contributed by atoms with Crippen LogP contribution in [0.15, 0.2) is 12.1 Å². The van der Waals surface area contributed by atoms with E-state index in [2.05, 4.69) is 4.90 Å². The predicted molar refractivity (Wildman–Crippen MR) is 73.4 cm³/mol. The van der Waals surface area contributed by atoms with Gasteiger partial charge in [-0.05, 0) is 32.9 Å². The molecule has 2 atom stereocenters. The molecule has 1 saturated heterocycles. The van der Waals surface area contributed by atoms with Crippen LogP contribution in [-0.2, 0) is 11.3 Å². The molecule has 4 nitrogen and oxygen atoms in total. The Morgan fingerprint density at radius 1 is 1.40 bits per heavy atom. The van der Waals surface area contributed by atoms with Crippen LogP contribution in [0.4, 0.5) is 4.39 Å². The van der Waals surface area contributed by atoms with Gasteiger partial charge in [-0.2, -0.15) is 0 Å². The van der Waals surface area contributed by atoms with Gasteiger partial charge in [-0.25, -0.2) is 4.39 Å². The Labute approximate surface area is 118 Å². The Hall–Kier alpha value is -1.46. The molecule has 0 amide bonds. The monoisotopic (exact) mass is 281 g/mol. The SMILES string of the molecule is CC(=O)c1cc(F)cc(CN2CC(C)OC(C)C2)c1O. The Bertz CT molecular complexity index is 508. The van der Waals surface area contributed by atoms with Gasteiger partial charge in [0.05, 0.1) is 17.8 Å². The van der Waals surface area contributed by atoms with Crippen LogP contribution in [0.5, 0.6) is 5.75 Å². The summed E-state index contributed by atoms with van der Waals surface area (Å²) in [7, 11) is 0. The van der Waals surface area contributed by atoms with E-state index in [1.807, 2.05) is 13.8 Å². The molecule has 20 heavy (non-hydrogen) atoms. The third kappa shape index (κ3) is 3.35. The van der Waals surface area contributed by atoms with E-state index in [0.29, 0.717) is 12.1 Å².